The summed E-state index contributed by atoms with van der Waals surface area (Å²) in [6, 6.07) is 14.2. The van der Waals surface area contributed by atoms with Crippen LogP contribution in [-0.4, -0.2) is 23.4 Å². The molecule has 0 fully saturated rings. The predicted octanol–water partition coefficient (Wildman–Crippen LogP) is 2.79. The Kier molecular flexibility index (Phi) is 4.80. The number of halogens is 1. The van der Waals surface area contributed by atoms with Crippen molar-refractivity contribution in [2.45, 2.75) is 6.10 Å². The highest BCUT2D eigenvalue weighted by Gasteiger charge is 2.10. The van der Waals surface area contributed by atoms with Gasteiger partial charge in [0.15, 0.2) is 0 Å². The van der Waals surface area contributed by atoms with Gasteiger partial charge in [0.25, 0.3) is 0 Å². The van der Waals surface area contributed by atoms with Gasteiger partial charge in [-0.15, -0.1) is 0 Å². The van der Waals surface area contributed by atoms with Gasteiger partial charge >= 0.3 is 0 Å². The number of hydrogen-bond donors (Lipinski definition) is 2. The van der Waals surface area contributed by atoms with E-state index in [1.54, 1.807) is 48.5 Å². The van der Waals surface area contributed by atoms with Gasteiger partial charge in [-0.2, -0.15) is 0 Å². The van der Waals surface area contributed by atoms with Crippen molar-refractivity contribution in [2.75, 3.05) is 13.2 Å². The molecule has 100 valence electrons. The fourth-order valence-corrected chi connectivity index (χ4v) is 1.87. The maximum atomic E-state index is 10.2. The second-order valence-electron chi connectivity index (χ2n) is 4.10. The summed E-state index contributed by atoms with van der Waals surface area (Å²) in [7, 11) is 0. The molecule has 0 bridgehead atoms. The Morgan fingerprint density at radius 3 is 2.00 bits per heavy atom. The first-order valence-electron chi connectivity index (χ1n) is 5.98. The Morgan fingerprint density at radius 2 is 1.47 bits per heavy atom. The molecule has 1 unspecified atom stereocenters. The highest BCUT2D eigenvalue weighted by molar-refractivity contribution is 6.30. The van der Waals surface area contributed by atoms with Crippen LogP contribution < -0.4 is 4.74 Å². The third kappa shape index (κ3) is 3.70. The van der Waals surface area contributed by atoms with Crippen molar-refractivity contribution in [3.8, 4) is 5.75 Å². The van der Waals surface area contributed by atoms with Crippen molar-refractivity contribution in [2.24, 2.45) is 0 Å². The van der Waals surface area contributed by atoms with E-state index in [0.29, 0.717) is 10.8 Å². The SMILES string of the molecule is OCCOc1ccc(C(O)c2ccc(Cl)cc2)cc1. The van der Waals surface area contributed by atoms with Crippen LogP contribution in [0.25, 0.3) is 0 Å². The van der Waals surface area contributed by atoms with E-state index in [4.69, 9.17) is 21.4 Å². The highest BCUT2D eigenvalue weighted by atomic mass is 35.5. The van der Waals surface area contributed by atoms with E-state index in [-0.39, 0.29) is 13.2 Å². The maximum Gasteiger partial charge on any atom is 0.119 e. The Morgan fingerprint density at radius 1 is 0.947 bits per heavy atom. The minimum atomic E-state index is -0.691. The van der Waals surface area contributed by atoms with Crippen LogP contribution in [0.1, 0.15) is 17.2 Å². The zero-order valence-corrected chi connectivity index (χ0v) is 11.0. The quantitative estimate of drug-likeness (QED) is 0.884. The van der Waals surface area contributed by atoms with Gasteiger partial charge in [-0.05, 0) is 35.4 Å². The zero-order valence-electron chi connectivity index (χ0n) is 10.3. The smallest absolute Gasteiger partial charge is 0.119 e. The molecular weight excluding hydrogens is 264 g/mol. The van der Waals surface area contributed by atoms with E-state index in [9.17, 15) is 5.11 Å². The molecule has 0 aliphatic carbocycles. The topological polar surface area (TPSA) is 49.7 Å². The molecule has 0 saturated heterocycles. The first-order valence-corrected chi connectivity index (χ1v) is 6.35. The van der Waals surface area contributed by atoms with Gasteiger partial charge in [0, 0.05) is 5.02 Å². The molecule has 2 aromatic carbocycles. The molecule has 0 aromatic heterocycles. The van der Waals surface area contributed by atoms with E-state index in [0.717, 1.165) is 11.1 Å². The van der Waals surface area contributed by atoms with Gasteiger partial charge in [0.1, 0.15) is 18.5 Å². The lowest BCUT2D eigenvalue weighted by atomic mass is 10.0. The zero-order chi connectivity index (χ0) is 13.7. The summed E-state index contributed by atoms with van der Waals surface area (Å²) >= 11 is 5.81. The monoisotopic (exact) mass is 278 g/mol. The summed E-state index contributed by atoms with van der Waals surface area (Å²) in [5.41, 5.74) is 1.56. The predicted molar refractivity (Wildman–Crippen MR) is 74.5 cm³/mol. The summed E-state index contributed by atoms with van der Waals surface area (Å²) in [5.74, 6) is 0.668. The summed E-state index contributed by atoms with van der Waals surface area (Å²) in [6.07, 6.45) is -0.691. The van der Waals surface area contributed by atoms with E-state index in [2.05, 4.69) is 0 Å². The number of benzene rings is 2. The van der Waals surface area contributed by atoms with E-state index in [1.807, 2.05) is 0 Å². The Hall–Kier alpha value is -1.55. The number of ether oxygens (including phenoxy) is 1. The Labute approximate surface area is 117 Å². The van der Waals surface area contributed by atoms with Crippen LogP contribution in [0.3, 0.4) is 0 Å². The van der Waals surface area contributed by atoms with Crippen molar-refractivity contribution >= 4 is 11.6 Å². The molecule has 0 aliphatic heterocycles. The van der Waals surface area contributed by atoms with Gasteiger partial charge in [0.05, 0.1) is 6.61 Å². The van der Waals surface area contributed by atoms with Crippen LogP contribution in [-0.2, 0) is 0 Å². The molecule has 4 heteroatoms. The van der Waals surface area contributed by atoms with Gasteiger partial charge in [0.2, 0.25) is 0 Å². The largest absolute Gasteiger partial charge is 0.491 e. The van der Waals surface area contributed by atoms with Crippen LogP contribution in [0.4, 0.5) is 0 Å². The molecular formula is C15H15ClO3. The molecule has 2 aromatic rings. The number of rotatable bonds is 5. The summed E-state index contributed by atoms with van der Waals surface area (Å²) < 4.78 is 5.26. The van der Waals surface area contributed by atoms with Gasteiger partial charge in [-0.3, -0.25) is 0 Å². The first-order chi connectivity index (χ1) is 9.20. The fraction of sp³-hybridized carbons (Fsp3) is 0.200. The van der Waals surface area contributed by atoms with E-state index in [1.165, 1.54) is 0 Å². The average Bonchev–Trinajstić information content (AvgIpc) is 2.46. The van der Waals surface area contributed by atoms with Gasteiger partial charge in [-0.25, -0.2) is 0 Å². The molecule has 19 heavy (non-hydrogen) atoms. The normalized spacial score (nSPS) is 12.2. The van der Waals surface area contributed by atoms with Crippen molar-refractivity contribution in [1.82, 2.24) is 0 Å². The maximum absolute atomic E-state index is 10.2. The van der Waals surface area contributed by atoms with Crippen molar-refractivity contribution in [3.05, 3.63) is 64.7 Å². The molecule has 2 rings (SSSR count). The lowest BCUT2D eigenvalue weighted by Crippen LogP contribution is -2.02. The molecule has 0 aliphatic rings. The average molecular weight is 279 g/mol. The van der Waals surface area contributed by atoms with Crippen LogP contribution in [0, 0.1) is 0 Å². The molecule has 3 nitrogen and oxygen atoms in total. The standard InChI is InChI=1S/C15H15ClO3/c16-13-5-1-11(2-6-13)15(18)12-3-7-14(8-4-12)19-10-9-17/h1-8,15,17-18H,9-10H2. The lowest BCUT2D eigenvalue weighted by Gasteiger charge is -2.12. The molecule has 0 amide bonds. The molecule has 1 atom stereocenters. The first kappa shape index (κ1) is 13.9. The number of hydrogen-bond acceptors (Lipinski definition) is 3. The summed E-state index contributed by atoms with van der Waals surface area (Å²) in [5, 5.41) is 19.5. The number of aliphatic hydroxyl groups excluding tert-OH is 2. The summed E-state index contributed by atoms with van der Waals surface area (Å²) in [6.45, 7) is 0.244. The minimum absolute atomic E-state index is 0.0187. The van der Waals surface area contributed by atoms with Crippen LogP contribution in [0.5, 0.6) is 5.75 Å². The van der Waals surface area contributed by atoms with Crippen LogP contribution in [0.15, 0.2) is 48.5 Å². The van der Waals surface area contributed by atoms with Crippen LogP contribution in [0.2, 0.25) is 5.02 Å². The van der Waals surface area contributed by atoms with E-state index < -0.39 is 6.10 Å². The molecule has 0 saturated carbocycles. The summed E-state index contributed by atoms with van der Waals surface area (Å²) in [4.78, 5) is 0. The van der Waals surface area contributed by atoms with Gasteiger partial charge < -0.3 is 14.9 Å². The molecule has 0 radical (unpaired) electrons. The minimum Gasteiger partial charge on any atom is -0.491 e. The highest BCUT2D eigenvalue weighted by Crippen LogP contribution is 2.25. The third-order valence-electron chi connectivity index (χ3n) is 2.74. The molecule has 0 spiro atoms. The Balaban J connectivity index is 2.10. The third-order valence-corrected chi connectivity index (χ3v) is 2.99. The second kappa shape index (κ2) is 6.57. The molecule has 2 N–H and O–H groups in total. The van der Waals surface area contributed by atoms with Gasteiger partial charge in [-0.1, -0.05) is 35.9 Å². The lowest BCUT2D eigenvalue weighted by molar-refractivity contribution is 0.200. The van der Waals surface area contributed by atoms with Crippen molar-refractivity contribution in [3.63, 3.8) is 0 Å². The van der Waals surface area contributed by atoms with Crippen molar-refractivity contribution in [1.29, 1.82) is 0 Å². The van der Waals surface area contributed by atoms with Crippen molar-refractivity contribution < 1.29 is 14.9 Å². The second-order valence-corrected chi connectivity index (χ2v) is 4.53. The van der Waals surface area contributed by atoms with E-state index >= 15 is 0 Å². The Bertz CT molecular complexity index is 508. The molecule has 0 heterocycles. The number of aliphatic hydroxyl groups is 2. The fourth-order valence-electron chi connectivity index (χ4n) is 1.75. The van der Waals surface area contributed by atoms with Crippen LogP contribution >= 0.6 is 11.6 Å².